The summed E-state index contributed by atoms with van der Waals surface area (Å²) in [6, 6.07) is 21.2. The Morgan fingerprint density at radius 1 is 0.909 bits per heavy atom. The molecule has 0 aliphatic rings. The molecule has 1 unspecified atom stereocenters. The SMILES string of the molecule is OC(c1cccnc1)c1cccc(OCc2ccccc2)c1. The van der Waals surface area contributed by atoms with Crippen LogP contribution in [0.5, 0.6) is 5.75 Å². The summed E-state index contributed by atoms with van der Waals surface area (Å²) in [4.78, 5) is 4.04. The second-order valence-electron chi connectivity index (χ2n) is 5.04. The maximum atomic E-state index is 10.4. The predicted molar refractivity (Wildman–Crippen MR) is 85.5 cm³/mol. The van der Waals surface area contributed by atoms with Crippen LogP contribution in [0.1, 0.15) is 22.8 Å². The van der Waals surface area contributed by atoms with Crippen molar-refractivity contribution in [1.29, 1.82) is 0 Å². The van der Waals surface area contributed by atoms with E-state index in [0.717, 1.165) is 22.4 Å². The monoisotopic (exact) mass is 291 g/mol. The number of pyridine rings is 1. The van der Waals surface area contributed by atoms with Crippen molar-refractivity contribution >= 4 is 0 Å². The van der Waals surface area contributed by atoms with Gasteiger partial charge in [-0.25, -0.2) is 0 Å². The van der Waals surface area contributed by atoms with Crippen LogP contribution < -0.4 is 4.74 Å². The van der Waals surface area contributed by atoms with Gasteiger partial charge < -0.3 is 9.84 Å². The Morgan fingerprint density at radius 2 is 1.73 bits per heavy atom. The summed E-state index contributed by atoms with van der Waals surface area (Å²) >= 11 is 0. The second-order valence-corrected chi connectivity index (χ2v) is 5.04. The topological polar surface area (TPSA) is 42.4 Å². The molecule has 0 fully saturated rings. The summed E-state index contributed by atoms with van der Waals surface area (Å²) in [5.41, 5.74) is 2.67. The molecular weight excluding hydrogens is 274 g/mol. The molecule has 0 radical (unpaired) electrons. The van der Waals surface area contributed by atoms with Crippen molar-refractivity contribution in [3.8, 4) is 5.75 Å². The molecule has 110 valence electrons. The van der Waals surface area contributed by atoms with Crippen molar-refractivity contribution in [3.63, 3.8) is 0 Å². The van der Waals surface area contributed by atoms with Gasteiger partial charge in [-0.15, -0.1) is 0 Å². The Labute approximate surface area is 129 Å². The molecule has 0 spiro atoms. The van der Waals surface area contributed by atoms with Crippen LogP contribution in [0.3, 0.4) is 0 Å². The Hall–Kier alpha value is -2.65. The van der Waals surface area contributed by atoms with E-state index in [2.05, 4.69) is 4.98 Å². The quantitative estimate of drug-likeness (QED) is 0.778. The van der Waals surface area contributed by atoms with Gasteiger partial charge in [0.1, 0.15) is 18.5 Å². The predicted octanol–water partition coefficient (Wildman–Crippen LogP) is 3.74. The number of hydrogen-bond donors (Lipinski definition) is 1. The van der Waals surface area contributed by atoms with Crippen LogP contribution in [0.25, 0.3) is 0 Å². The summed E-state index contributed by atoms with van der Waals surface area (Å²) in [7, 11) is 0. The first-order valence-electron chi connectivity index (χ1n) is 7.17. The third-order valence-corrected chi connectivity index (χ3v) is 3.42. The van der Waals surface area contributed by atoms with Gasteiger partial charge in [0.2, 0.25) is 0 Å². The average molecular weight is 291 g/mol. The normalized spacial score (nSPS) is 11.9. The van der Waals surface area contributed by atoms with Gasteiger partial charge in [-0.05, 0) is 29.3 Å². The molecule has 3 heteroatoms. The van der Waals surface area contributed by atoms with Crippen molar-refractivity contribution in [3.05, 3.63) is 95.8 Å². The zero-order valence-corrected chi connectivity index (χ0v) is 12.1. The highest BCUT2D eigenvalue weighted by molar-refractivity contribution is 5.34. The molecule has 3 aromatic rings. The first-order valence-corrected chi connectivity index (χ1v) is 7.17. The number of rotatable bonds is 5. The highest BCUT2D eigenvalue weighted by Gasteiger charge is 2.11. The van der Waals surface area contributed by atoms with E-state index in [4.69, 9.17) is 4.74 Å². The summed E-state index contributed by atoms with van der Waals surface area (Å²) in [6.45, 7) is 0.507. The lowest BCUT2D eigenvalue weighted by Gasteiger charge is -2.13. The molecule has 3 nitrogen and oxygen atoms in total. The number of benzene rings is 2. The van der Waals surface area contributed by atoms with Gasteiger partial charge in [0, 0.05) is 18.0 Å². The lowest BCUT2D eigenvalue weighted by Crippen LogP contribution is -2.01. The number of aliphatic hydroxyl groups is 1. The molecule has 1 aromatic heterocycles. The van der Waals surface area contributed by atoms with Crippen LogP contribution in [-0.2, 0) is 6.61 Å². The largest absolute Gasteiger partial charge is 0.489 e. The average Bonchev–Trinajstić information content (AvgIpc) is 2.61. The van der Waals surface area contributed by atoms with Crippen molar-refractivity contribution in [1.82, 2.24) is 4.98 Å². The Morgan fingerprint density at radius 3 is 2.50 bits per heavy atom. The molecule has 22 heavy (non-hydrogen) atoms. The summed E-state index contributed by atoms with van der Waals surface area (Å²) in [5, 5.41) is 10.4. The summed E-state index contributed by atoms with van der Waals surface area (Å²) in [5.74, 6) is 0.740. The lowest BCUT2D eigenvalue weighted by molar-refractivity contribution is 0.218. The van der Waals surface area contributed by atoms with Gasteiger partial charge >= 0.3 is 0 Å². The fourth-order valence-electron chi connectivity index (χ4n) is 2.25. The highest BCUT2D eigenvalue weighted by Crippen LogP contribution is 2.24. The van der Waals surface area contributed by atoms with Crippen LogP contribution in [-0.4, -0.2) is 10.1 Å². The van der Waals surface area contributed by atoms with Crippen LogP contribution >= 0.6 is 0 Å². The minimum Gasteiger partial charge on any atom is -0.489 e. The van der Waals surface area contributed by atoms with Gasteiger partial charge in [0.15, 0.2) is 0 Å². The molecule has 0 saturated carbocycles. The summed E-state index contributed by atoms with van der Waals surface area (Å²) in [6.07, 6.45) is 2.66. The van der Waals surface area contributed by atoms with Crippen LogP contribution in [0, 0.1) is 0 Å². The van der Waals surface area contributed by atoms with Gasteiger partial charge in [-0.1, -0.05) is 48.5 Å². The first kappa shape index (κ1) is 14.3. The highest BCUT2D eigenvalue weighted by atomic mass is 16.5. The van der Waals surface area contributed by atoms with Crippen LogP contribution in [0.4, 0.5) is 0 Å². The molecule has 1 heterocycles. The molecule has 0 amide bonds. The van der Waals surface area contributed by atoms with Gasteiger partial charge in [-0.2, -0.15) is 0 Å². The van der Waals surface area contributed by atoms with Crippen molar-refractivity contribution < 1.29 is 9.84 Å². The minimum atomic E-state index is -0.700. The maximum Gasteiger partial charge on any atom is 0.120 e. The molecule has 0 aliphatic carbocycles. The van der Waals surface area contributed by atoms with E-state index in [1.165, 1.54) is 0 Å². The molecule has 3 rings (SSSR count). The molecule has 0 bridgehead atoms. The number of aromatic nitrogens is 1. The number of ether oxygens (including phenoxy) is 1. The van der Waals surface area contributed by atoms with Crippen LogP contribution in [0.2, 0.25) is 0 Å². The Balaban J connectivity index is 1.72. The molecule has 1 N–H and O–H groups in total. The van der Waals surface area contributed by atoms with E-state index in [1.807, 2.05) is 66.7 Å². The molecule has 1 atom stereocenters. The lowest BCUT2D eigenvalue weighted by atomic mass is 10.0. The van der Waals surface area contributed by atoms with E-state index in [1.54, 1.807) is 12.4 Å². The van der Waals surface area contributed by atoms with Crippen LogP contribution in [0.15, 0.2) is 79.1 Å². The van der Waals surface area contributed by atoms with Crippen molar-refractivity contribution in [2.24, 2.45) is 0 Å². The number of aliphatic hydroxyl groups excluding tert-OH is 1. The summed E-state index contributed by atoms with van der Waals surface area (Å²) < 4.78 is 5.79. The van der Waals surface area contributed by atoms with Gasteiger partial charge in [-0.3, -0.25) is 4.98 Å². The fraction of sp³-hybridized carbons (Fsp3) is 0.105. The van der Waals surface area contributed by atoms with Gasteiger partial charge in [0.05, 0.1) is 0 Å². The maximum absolute atomic E-state index is 10.4. The van der Waals surface area contributed by atoms with Crippen molar-refractivity contribution in [2.75, 3.05) is 0 Å². The molecule has 2 aromatic carbocycles. The second kappa shape index (κ2) is 6.87. The van der Waals surface area contributed by atoms with E-state index in [9.17, 15) is 5.11 Å². The van der Waals surface area contributed by atoms with E-state index >= 15 is 0 Å². The number of hydrogen-bond acceptors (Lipinski definition) is 3. The standard InChI is InChI=1S/C19H17NO2/c21-19(17-9-5-11-20-13-17)16-8-4-10-18(12-16)22-14-15-6-2-1-3-7-15/h1-13,19,21H,14H2. The smallest absolute Gasteiger partial charge is 0.120 e. The molecule has 0 saturated heterocycles. The Bertz CT molecular complexity index is 714. The minimum absolute atomic E-state index is 0.507. The molecule has 0 aliphatic heterocycles. The number of nitrogens with zero attached hydrogens (tertiary/aromatic N) is 1. The van der Waals surface area contributed by atoms with Crippen molar-refractivity contribution in [2.45, 2.75) is 12.7 Å². The van der Waals surface area contributed by atoms with Gasteiger partial charge in [0.25, 0.3) is 0 Å². The third kappa shape index (κ3) is 3.51. The first-order chi connectivity index (χ1) is 10.8. The van der Waals surface area contributed by atoms with E-state index in [0.29, 0.717) is 6.61 Å². The molecular formula is C19H17NO2. The third-order valence-electron chi connectivity index (χ3n) is 3.42. The zero-order chi connectivity index (χ0) is 15.2. The zero-order valence-electron chi connectivity index (χ0n) is 12.1. The Kier molecular flexibility index (Phi) is 4.47. The van der Waals surface area contributed by atoms with E-state index < -0.39 is 6.10 Å². The van der Waals surface area contributed by atoms with E-state index in [-0.39, 0.29) is 0 Å². The fourth-order valence-corrected chi connectivity index (χ4v) is 2.25.